The van der Waals surface area contributed by atoms with Gasteiger partial charge >= 0.3 is 12.1 Å². The Morgan fingerprint density at radius 2 is 1.89 bits per heavy atom. The van der Waals surface area contributed by atoms with Gasteiger partial charge in [-0.05, 0) is 19.9 Å². The van der Waals surface area contributed by atoms with Crippen molar-refractivity contribution in [2.24, 2.45) is 0 Å². The maximum absolute atomic E-state index is 12.4. The molecular weight excluding hydrogens is 251 g/mol. The SMILES string of the molecule is CC=C(C=C(C)NC(=O)CC(=O)OC)C(F)(F)F. The summed E-state index contributed by atoms with van der Waals surface area (Å²) in [5.74, 6) is -1.49. The number of amides is 1. The third kappa shape index (κ3) is 6.07. The highest BCUT2D eigenvalue weighted by Gasteiger charge is 2.31. The van der Waals surface area contributed by atoms with Crippen molar-refractivity contribution in [3.05, 3.63) is 23.4 Å². The van der Waals surface area contributed by atoms with Crippen molar-refractivity contribution in [3.63, 3.8) is 0 Å². The molecule has 0 unspecified atom stereocenters. The van der Waals surface area contributed by atoms with Crippen molar-refractivity contribution in [2.45, 2.75) is 26.4 Å². The molecule has 0 saturated carbocycles. The maximum Gasteiger partial charge on any atom is 0.416 e. The fraction of sp³-hybridized carbons (Fsp3) is 0.455. The highest BCUT2D eigenvalue weighted by Crippen LogP contribution is 2.26. The van der Waals surface area contributed by atoms with Gasteiger partial charge in [-0.1, -0.05) is 6.08 Å². The lowest BCUT2D eigenvalue weighted by molar-refractivity contribution is -0.143. The third-order valence-corrected chi connectivity index (χ3v) is 1.88. The second-order valence-electron chi connectivity index (χ2n) is 3.37. The van der Waals surface area contributed by atoms with E-state index < -0.39 is 30.0 Å². The van der Waals surface area contributed by atoms with E-state index in [4.69, 9.17) is 0 Å². The first-order valence-corrected chi connectivity index (χ1v) is 4.99. The van der Waals surface area contributed by atoms with E-state index in [1.165, 1.54) is 13.8 Å². The lowest BCUT2D eigenvalue weighted by Crippen LogP contribution is -2.25. The normalized spacial score (nSPS) is 13.2. The predicted molar refractivity (Wildman–Crippen MR) is 58.3 cm³/mol. The second-order valence-corrected chi connectivity index (χ2v) is 3.37. The fourth-order valence-corrected chi connectivity index (χ4v) is 1.07. The van der Waals surface area contributed by atoms with Gasteiger partial charge in [0, 0.05) is 5.70 Å². The van der Waals surface area contributed by atoms with Crippen LogP contribution in [0, 0.1) is 0 Å². The maximum atomic E-state index is 12.4. The van der Waals surface area contributed by atoms with Gasteiger partial charge in [0.2, 0.25) is 5.91 Å². The average molecular weight is 265 g/mol. The number of allylic oxidation sites excluding steroid dienone is 4. The zero-order valence-corrected chi connectivity index (χ0v) is 10.2. The molecule has 0 fully saturated rings. The van der Waals surface area contributed by atoms with E-state index in [-0.39, 0.29) is 5.70 Å². The van der Waals surface area contributed by atoms with Crippen LogP contribution in [0.1, 0.15) is 20.3 Å². The molecule has 0 saturated heterocycles. The van der Waals surface area contributed by atoms with E-state index in [9.17, 15) is 22.8 Å². The van der Waals surface area contributed by atoms with E-state index in [0.717, 1.165) is 19.3 Å². The summed E-state index contributed by atoms with van der Waals surface area (Å²) in [5.41, 5.74) is -0.882. The number of carbonyl (C=O) groups excluding carboxylic acids is 2. The Kier molecular flexibility index (Phi) is 6.15. The summed E-state index contributed by atoms with van der Waals surface area (Å²) in [5, 5.41) is 2.16. The quantitative estimate of drug-likeness (QED) is 0.481. The van der Waals surface area contributed by atoms with E-state index in [2.05, 4.69) is 10.1 Å². The Morgan fingerprint density at radius 1 is 1.33 bits per heavy atom. The van der Waals surface area contributed by atoms with Crippen molar-refractivity contribution < 1.29 is 27.5 Å². The molecule has 0 aliphatic rings. The lowest BCUT2D eigenvalue weighted by atomic mass is 10.2. The number of methoxy groups -OCH3 is 1. The number of halogens is 3. The minimum absolute atomic E-state index is 0.00525. The van der Waals surface area contributed by atoms with Crippen molar-refractivity contribution in [3.8, 4) is 0 Å². The summed E-state index contributed by atoms with van der Waals surface area (Å²) < 4.78 is 41.4. The van der Waals surface area contributed by atoms with Crippen LogP contribution >= 0.6 is 0 Å². The number of hydrogen-bond donors (Lipinski definition) is 1. The molecule has 0 aromatic heterocycles. The van der Waals surface area contributed by atoms with Crippen LogP contribution in [0.4, 0.5) is 13.2 Å². The first kappa shape index (κ1) is 16.2. The molecule has 0 atom stereocenters. The number of alkyl halides is 3. The van der Waals surface area contributed by atoms with E-state index in [0.29, 0.717) is 0 Å². The van der Waals surface area contributed by atoms with Gasteiger partial charge in [0.1, 0.15) is 6.42 Å². The summed E-state index contributed by atoms with van der Waals surface area (Å²) >= 11 is 0. The summed E-state index contributed by atoms with van der Waals surface area (Å²) in [4.78, 5) is 21.9. The third-order valence-electron chi connectivity index (χ3n) is 1.88. The molecule has 18 heavy (non-hydrogen) atoms. The molecule has 0 spiro atoms. The van der Waals surface area contributed by atoms with Crippen LogP contribution in [0.2, 0.25) is 0 Å². The minimum Gasteiger partial charge on any atom is -0.469 e. The molecule has 0 radical (unpaired) electrons. The summed E-state index contributed by atoms with van der Waals surface area (Å²) in [6.07, 6.45) is -3.35. The zero-order valence-electron chi connectivity index (χ0n) is 10.2. The van der Waals surface area contributed by atoms with Gasteiger partial charge in [0.05, 0.1) is 12.7 Å². The number of esters is 1. The molecule has 1 amide bonds. The van der Waals surface area contributed by atoms with Crippen LogP contribution in [-0.4, -0.2) is 25.2 Å². The van der Waals surface area contributed by atoms with Crippen LogP contribution in [0.5, 0.6) is 0 Å². The van der Waals surface area contributed by atoms with Crippen LogP contribution < -0.4 is 5.32 Å². The Morgan fingerprint density at radius 3 is 2.28 bits per heavy atom. The monoisotopic (exact) mass is 265 g/mol. The lowest BCUT2D eigenvalue weighted by Gasteiger charge is -2.09. The van der Waals surface area contributed by atoms with E-state index in [1.807, 2.05) is 0 Å². The van der Waals surface area contributed by atoms with Crippen molar-refractivity contribution in [2.75, 3.05) is 7.11 Å². The summed E-state index contributed by atoms with van der Waals surface area (Å²) in [6, 6.07) is 0. The zero-order chi connectivity index (χ0) is 14.3. The molecule has 0 bridgehead atoms. The molecule has 102 valence electrons. The first-order chi connectivity index (χ1) is 8.20. The number of nitrogens with one attached hydrogen (secondary N) is 1. The van der Waals surface area contributed by atoms with E-state index >= 15 is 0 Å². The van der Waals surface area contributed by atoms with Crippen molar-refractivity contribution in [1.82, 2.24) is 5.32 Å². The second kappa shape index (κ2) is 6.83. The number of carbonyl (C=O) groups is 2. The van der Waals surface area contributed by atoms with Gasteiger partial charge in [-0.2, -0.15) is 13.2 Å². The molecule has 0 rings (SSSR count). The molecule has 0 heterocycles. The molecule has 4 nitrogen and oxygen atoms in total. The Balaban J connectivity index is 4.62. The van der Waals surface area contributed by atoms with Crippen molar-refractivity contribution in [1.29, 1.82) is 0 Å². The smallest absolute Gasteiger partial charge is 0.416 e. The molecule has 0 aliphatic carbocycles. The van der Waals surface area contributed by atoms with Gasteiger partial charge in [-0.15, -0.1) is 0 Å². The Hall–Kier alpha value is -1.79. The van der Waals surface area contributed by atoms with Crippen molar-refractivity contribution >= 4 is 11.9 Å². The number of ether oxygens (including phenoxy) is 1. The molecule has 0 aromatic rings. The van der Waals surface area contributed by atoms with E-state index in [1.54, 1.807) is 0 Å². The predicted octanol–water partition coefficient (Wildman–Crippen LogP) is 2.08. The first-order valence-electron chi connectivity index (χ1n) is 4.99. The minimum atomic E-state index is -4.48. The molecule has 7 heteroatoms. The van der Waals surface area contributed by atoms with Crippen LogP contribution in [0.15, 0.2) is 23.4 Å². The number of hydrogen-bond acceptors (Lipinski definition) is 3. The molecule has 0 aromatic carbocycles. The van der Waals surface area contributed by atoms with Crippen LogP contribution in [0.3, 0.4) is 0 Å². The molecule has 1 N–H and O–H groups in total. The summed E-state index contributed by atoms with van der Waals surface area (Å²) in [6.45, 7) is 2.54. The molecular formula is C11H14F3NO3. The van der Waals surface area contributed by atoms with Gasteiger partial charge < -0.3 is 10.1 Å². The van der Waals surface area contributed by atoms with Crippen LogP contribution in [0.25, 0.3) is 0 Å². The highest BCUT2D eigenvalue weighted by atomic mass is 19.4. The molecule has 0 aliphatic heterocycles. The van der Waals surface area contributed by atoms with Crippen LogP contribution in [-0.2, 0) is 14.3 Å². The fourth-order valence-electron chi connectivity index (χ4n) is 1.07. The average Bonchev–Trinajstić information content (AvgIpc) is 2.23. The Bertz CT molecular complexity index is 383. The van der Waals surface area contributed by atoms with Gasteiger partial charge in [0.15, 0.2) is 0 Å². The standard InChI is InChI=1S/C11H14F3NO3/c1-4-8(11(12,13)14)5-7(2)15-9(16)6-10(17)18-3/h4-5H,6H2,1-3H3,(H,15,16). The van der Waals surface area contributed by atoms with Gasteiger partial charge in [-0.25, -0.2) is 0 Å². The Labute approximate surface area is 102 Å². The van der Waals surface area contributed by atoms with Gasteiger partial charge in [0.25, 0.3) is 0 Å². The number of rotatable bonds is 4. The largest absolute Gasteiger partial charge is 0.469 e. The topological polar surface area (TPSA) is 55.4 Å². The van der Waals surface area contributed by atoms with Gasteiger partial charge in [-0.3, -0.25) is 9.59 Å². The summed E-state index contributed by atoms with van der Waals surface area (Å²) in [7, 11) is 1.11. The highest BCUT2D eigenvalue weighted by molar-refractivity contribution is 5.94.